The predicted molar refractivity (Wildman–Crippen MR) is 125 cm³/mol. The molecule has 0 bridgehead atoms. The number of morpholine rings is 1. The van der Waals surface area contributed by atoms with E-state index < -0.39 is 0 Å². The molecule has 7 heteroatoms. The molecule has 1 saturated carbocycles. The fourth-order valence-corrected chi connectivity index (χ4v) is 4.72. The Balaban J connectivity index is 1.07. The lowest BCUT2D eigenvalue weighted by molar-refractivity contribution is -0.0619. The maximum atomic E-state index is 12.5. The smallest absolute Gasteiger partial charge is 0.267 e. The third-order valence-corrected chi connectivity index (χ3v) is 6.86. The highest BCUT2D eigenvalue weighted by molar-refractivity contribution is 5.97. The van der Waals surface area contributed by atoms with E-state index in [9.17, 15) is 4.79 Å². The molecule has 1 amide bonds. The van der Waals surface area contributed by atoms with Gasteiger partial charge in [-0.3, -0.25) is 9.69 Å². The van der Waals surface area contributed by atoms with Crippen LogP contribution in [0, 0.1) is 11.8 Å². The van der Waals surface area contributed by atoms with Crippen molar-refractivity contribution in [3.05, 3.63) is 59.9 Å². The van der Waals surface area contributed by atoms with Crippen molar-refractivity contribution in [2.45, 2.75) is 31.9 Å². The summed E-state index contributed by atoms with van der Waals surface area (Å²) in [4.78, 5) is 22.4. The SMILES string of the molecule is C[C@H]1CO[C@@H](c2ccc(N)nc2)CN1CC1CC1CCNC(=O)c1cc2ccccc2[nH]1. The van der Waals surface area contributed by atoms with Gasteiger partial charge in [0, 0.05) is 48.3 Å². The summed E-state index contributed by atoms with van der Waals surface area (Å²) >= 11 is 0. The van der Waals surface area contributed by atoms with E-state index in [1.807, 2.05) is 48.7 Å². The van der Waals surface area contributed by atoms with Crippen LogP contribution >= 0.6 is 0 Å². The van der Waals surface area contributed by atoms with Crippen LogP contribution in [0.4, 0.5) is 5.82 Å². The summed E-state index contributed by atoms with van der Waals surface area (Å²) in [6, 6.07) is 14.1. The fraction of sp³-hybridized carbons (Fsp3) is 0.440. The Bertz CT molecular complexity index is 1050. The Morgan fingerprint density at radius 1 is 1.28 bits per heavy atom. The van der Waals surface area contributed by atoms with E-state index in [0.29, 0.717) is 35.9 Å². The number of carbonyl (C=O) groups excluding carboxylic acids is 1. The Labute approximate surface area is 188 Å². The lowest BCUT2D eigenvalue weighted by Gasteiger charge is -2.38. The molecule has 168 valence electrons. The van der Waals surface area contributed by atoms with Gasteiger partial charge in [0.1, 0.15) is 11.5 Å². The topological polar surface area (TPSA) is 96.3 Å². The first kappa shape index (κ1) is 21.0. The van der Waals surface area contributed by atoms with E-state index in [0.717, 1.165) is 42.6 Å². The van der Waals surface area contributed by atoms with E-state index in [-0.39, 0.29) is 12.0 Å². The van der Waals surface area contributed by atoms with Crippen LogP contribution in [0.5, 0.6) is 0 Å². The number of H-pyrrole nitrogens is 1. The van der Waals surface area contributed by atoms with E-state index in [1.165, 1.54) is 6.42 Å². The molecule has 3 heterocycles. The number of aromatic amines is 1. The summed E-state index contributed by atoms with van der Waals surface area (Å²) < 4.78 is 6.06. The summed E-state index contributed by atoms with van der Waals surface area (Å²) in [5.74, 6) is 1.89. The van der Waals surface area contributed by atoms with Gasteiger partial charge in [0.05, 0.1) is 12.7 Å². The van der Waals surface area contributed by atoms with Crippen LogP contribution in [0.15, 0.2) is 48.7 Å². The number of hydrogen-bond donors (Lipinski definition) is 3. The van der Waals surface area contributed by atoms with Crippen molar-refractivity contribution >= 4 is 22.6 Å². The van der Waals surface area contributed by atoms with Gasteiger partial charge in [-0.05, 0) is 49.8 Å². The highest BCUT2D eigenvalue weighted by Gasteiger charge is 2.39. The van der Waals surface area contributed by atoms with E-state index in [2.05, 4.69) is 27.1 Å². The number of fused-ring (bicyclic) bond motifs is 1. The number of rotatable bonds is 7. The second-order valence-electron chi connectivity index (χ2n) is 9.21. The first-order chi connectivity index (χ1) is 15.6. The van der Waals surface area contributed by atoms with Crippen molar-refractivity contribution < 1.29 is 9.53 Å². The molecular weight excluding hydrogens is 402 g/mol. The number of benzene rings is 1. The van der Waals surface area contributed by atoms with E-state index >= 15 is 0 Å². The average molecular weight is 434 g/mol. The van der Waals surface area contributed by atoms with Gasteiger partial charge in [-0.1, -0.05) is 24.3 Å². The first-order valence-corrected chi connectivity index (χ1v) is 11.5. The summed E-state index contributed by atoms with van der Waals surface area (Å²) in [6.07, 6.45) is 4.14. The molecule has 0 radical (unpaired) electrons. The second kappa shape index (κ2) is 8.92. The van der Waals surface area contributed by atoms with Gasteiger partial charge in [-0.15, -0.1) is 0 Å². The molecule has 2 fully saturated rings. The number of anilines is 1. The van der Waals surface area contributed by atoms with Gasteiger partial charge in [0.25, 0.3) is 5.91 Å². The maximum Gasteiger partial charge on any atom is 0.267 e. The number of ether oxygens (including phenoxy) is 1. The third kappa shape index (κ3) is 4.64. The lowest BCUT2D eigenvalue weighted by Crippen LogP contribution is -2.46. The minimum atomic E-state index is -0.0276. The minimum absolute atomic E-state index is 0.0276. The van der Waals surface area contributed by atoms with Gasteiger partial charge in [-0.2, -0.15) is 0 Å². The molecular formula is C25H31N5O2. The van der Waals surface area contributed by atoms with Gasteiger partial charge in [0.2, 0.25) is 0 Å². The molecule has 1 saturated heterocycles. The molecule has 7 nitrogen and oxygen atoms in total. The number of pyridine rings is 1. The number of carbonyl (C=O) groups is 1. The molecule has 3 aromatic rings. The number of nitrogens with zero attached hydrogens (tertiary/aromatic N) is 2. The van der Waals surface area contributed by atoms with Gasteiger partial charge < -0.3 is 20.8 Å². The molecule has 1 aliphatic heterocycles. The molecule has 4 atom stereocenters. The van der Waals surface area contributed by atoms with Crippen molar-refractivity contribution in [2.75, 3.05) is 32.0 Å². The van der Waals surface area contributed by atoms with Crippen molar-refractivity contribution in [2.24, 2.45) is 11.8 Å². The monoisotopic (exact) mass is 433 g/mol. The standard InChI is InChI=1S/C25H31N5O2/c1-16-15-32-23(19-6-7-24(26)28-12-19)14-30(16)13-20-10-17(20)8-9-27-25(31)22-11-18-4-2-3-5-21(18)29-22/h2-7,11-12,16-17,20,23,29H,8-10,13-15H2,1H3,(H2,26,28)(H,27,31)/t16-,17?,20?,23+/m0/s1. The lowest BCUT2D eigenvalue weighted by atomic mass is 10.1. The van der Waals surface area contributed by atoms with Gasteiger partial charge in [-0.25, -0.2) is 4.98 Å². The maximum absolute atomic E-state index is 12.5. The summed E-state index contributed by atoms with van der Waals surface area (Å²) in [5.41, 5.74) is 8.42. The van der Waals surface area contributed by atoms with Crippen LogP contribution < -0.4 is 11.1 Å². The third-order valence-electron chi connectivity index (χ3n) is 6.86. The van der Waals surface area contributed by atoms with Crippen molar-refractivity contribution in [3.8, 4) is 0 Å². The van der Waals surface area contributed by atoms with Crippen LogP contribution in [-0.2, 0) is 4.74 Å². The van der Waals surface area contributed by atoms with Crippen LogP contribution in [0.2, 0.25) is 0 Å². The molecule has 32 heavy (non-hydrogen) atoms. The van der Waals surface area contributed by atoms with Crippen LogP contribution in [-0.4, -0.2) is 53.1 Å². The highest BCUT2D eigenvalue weighted by atomic mass is 16.5. The van der Waals surface area contributed by atoms with Crippen LogP contribution in [0.25, 0.3) is 10.9 Å². The van der Waals surface area contributed by atoms with Crippen molar-refractivity contribution in [1.29, 1.82) is 0 Å². The number of hydrogen-bond acceptors (Lipinski definition) is 5. The largest absolute Gasteiger partial charge is 0.384 e. The van der Waals surface area contributed by atoms with Crippen LogP contribution in [0.1, 0.15) is 41.9 Å². The number of amides is 1. The first-order valence-electron chi connectivity index (χ1n) is 11.5. The molecule has 2 unspecified atom stereocenters. The Morgan fingerprint density at radius 2 is 2.16 bits per heavy atom. The fourth-order valence-electron chi connectivity index (χ4n) is 4.72. The summed E-state index contributed by atoms with van der Waals surface area (Å²) in [5, 5.41) is 4.14. The Morgan fingerprint density at radius 3 is 2.97 bits per heavy atom. The summed E-state index contributed by atoms with van der Waals surface area (Å²) in [6.45, 7) is 5.65. The summed E-state index contributed by atoms with van der Waals surface area (Å²) in [7, 11) is 0. The zero-order chi connectivity index (χ0) is 22.1. The molecule has 4 N–H and O–H groups in total. The highest BCUT2D eigenvalue weighted by Crippen LogP contribution is 2.42. The van der Waals surface area contributed by atoms with Gasteiger partial charge in [0.15, 0.2) is 0 Å². The number of nitrogen functional groups attached to an aromatic ring is 1. The van der Waals surface area contributed by atoms with Gasteiger partial charge >= 0.3 is 0 Å². The zero-order valence-corrected chi connectivity index (χ0v) is 18.5. The molecule has 0 spiro atoms. The van der Waals surface area contributed by atoms with E-state index in [4.69, 9.17) is 10.5 Å². The van der Waals surface area contributed by atoms with E-state index in [1.54, 1.807) is 0 Å². The normalized spacial score (nSPS) is 25.7. The average Bonchev–Trinajstić information content (AvgIpc) is 3.38. The van der Waals surface area contributed by atoms with Crippen molar-refractivity contribution in [1.82, 2.24) is 20.2 Å². The number of nitrogens with one attached hydrogen (secondary N) is 2. The number of nitrogens with two attached hydrogens (primary N) is 1. The number of aromatic nitrogens is 2. The quantitative estimate of drug-likeness (QED) is 0.531. The van der Waals surface area contributed by atoms with Crippen molar-refractivity contribution in [3.63, 3.8) is 0 Å². The molecule has 1 aliphatic carbocycles. The second-order valence-corrected chi connectivity index (χ2v) is 9.21. The predicted octanol–water partition coefficient (Wildman–Crippen LogP) is 3.36. The molecule has 2 aliphatic rings. The Hall–Kier alpha value is -2.90. The minimum Gasteiger partial charge on any atom is -0.384 e. The number of para-hydroxylation sites is 1. The Kier molecular flexibility index (Phi) is 5.85. The molecule has 1 aromatic carbocycles. The zero-order valence-electron chi connectivity index (χ0n) is 18.5. The molecule has 5 rings (SSSR count). The molecule has 2 aromatic heterocycles. The van der Waals surface area contributed by atoms with Crippen LogP contribution in [0.3, 0.4) is 0 Å².